The molecule has 2 N–H and O–H groups in total. The van der Waals surface area contributed by atoms with Gasteiger partial charge in [0.15, 0.2) is 0 Å². The Labute approximate surface area is 232 Å². The number of aromatic nitrogens is 2. The van der Waals surface area contributed by atoms with Crippen LogP contribution in [0.25, 0.3) is 0 Å². The van der Waals surface area contributed by atoms with Gasteiger partial charge in [0.2, 0.25) is 23.9 Å². The summed E-state index contributed by atoms with van der Waals surface area (Å²) in [6.07, 6.45) is 13.1. The third-order valence-electron chi connectivity index (χ3n) is 11.3. The molecule has 2 amide bonds. The Morgan fingerprint density at radius 2 is 1.55 bits per heavy atom. The van der Waals surface area contributed by atoms with Crippen molar-refractivity contribution in [2.75, 3.05) is 13.1 Å². The van der Waals surface area contributed by atoms with Crippen LogP contribution in [0, 0.1) is 30.6 Å². The summed E-state index contributed by atoms with van der Waals surface area (Å²) in [5.41, 5.74) is 7.82. The van der Waals surface area contributed by atoms with Crippen molar-refractivity contribution in [1.29, 1.82) is 0 Å². The minimum absolute atomic E-state index is 0.00447. The molecule has 8 nitrogen and oxygen atoms in total. The molecule has 8 heteroatoms. The number of likely N-dealkylation sites (tertiary alicyclic amines) is 2. The minimum atomic E-state index is -0.212. The van der Waals surface area contributed by atoms with Gasteiger partial charge in [-0.15, -0.1) is 0 Å². The van der Waals surface area contributed by atoms with Crippen LogP contribution in [-0.2, 0) is 20.4 Å². The molecule has 0 aromatic carbocycles. The lowest BCUT2D eigenvalue weighted by Crippen LogP contribution is -2.66. The van der Waals surface area contributed by atoms with E-state index in [1.165, 1.54) is 0 Å². The van der Waals surface area contributed by atoms with Gasteiger partial charge in [-0.3, -0.25) is 19.2 Å². The third kappa shape index (κ3) is 2.68. The highest BCUT2D eigenvalue weighted by atomic mass is 16.2. The molecular weight excluding hydrogens is 504 g/mol. The number of allylic oxidation sites excluding steroid dienone is 4. The lowest BCUT2D eigenvalue weighted by atomic mass is 9.35. The maximum atomic E-state index is 13.1. The standard InChI is InChI=1S/C19H22N2O2.C13H12N2O2/c1-11-7-20-15-12(22)6-13-18(3,14(11)15)4-5-21(13)16(23)19-8-17(2,9-19)10-19;1-7-4-14-12-9(17)2-10-13(11(7)12)3-8(13)5-15(10)6-16/h6-7,20H,4-5,8-10H2,1-3H3;2,4,6,8,14H,3,5H2,1H3. The second-order valence-corrected chi connectivity index (χ2v) is 14.0. The average molecular weight is 539 g/mol. The predicted molar refractivity (Wildman–Crippen MR) is 147 cm³/mol. The Morgan fingerprint density at radius 3 is 2.17 bits per heavy atom. The van der Waals surface area contributed by atoms with Gasteiger partial charge in [-0.25, -0.2) is 0 Å². The van der Waals surface area contributed by atoms with Gasteiger partial charge in [-0.2, -0.15) is 0 Å². The summed E-state index contributed by atoms with van der Waals surface area (Å²) in [5.74, 6) is 0.763. The van der Waals surface area contributed by atoms with Gasteiger partial charge in [0.05, 0.1) is 16.8 Å². The summed E-state index contributed by atoms with van der Waals surface area (Å²) >= 11 is 0. The number of carbonyl (C=O) groups excluding carboxylic acids is 4. The normalized spacial score (nSPS) is 37.0. The Bertz CT molecular complexity index is 1630. The molecule has 40 heavy (non-hydrogen) atoms. The summed E-state index contributed by atoms with van der Waals surface area (Å²) in [6, 6.07) is 0. The Balaban J connectivity index is 0.000000128. The molecule has 0 radical (unpaired) electrons. The van der Waals surface area contributed by atoms with Crippen LogP contribution in [0.3, 0.4) is 0 Å². The van der Waals surface area contributed by atoms with Crippen molar-refractivity contribution in [2.24, 2.45) is 16.7 Å². The first-order valence-electron chi connectivity index (χ1n) is 14.4. The molecule has 2 bridgehead atoms. The number of fused-ring (bicyclic) bond motifs is 4. The van der Waals surface area contributed by atoms with Gasteiger partial charge in [-0.05, 0) is 86.5 Å². The molecule has 2 aromatic rings. The Kier molecular flexibility index (Phi) is 4.31. The molecule has 206 valence electrons. The molecule has 4 saturated carbocycles. The van der Waals surface area contributed by atoms with E-state index in [4.69, 9.17) is 0 Å². The van der Waals surface area contributed by atoms with E-state index in [1.807, 2.05) is 31.1 Å². The second-order valence-electron chi connectivity index (χ2n) is 14.0. The molecule has 2 aromatic heterocycles. The number of nitrogens with zero attached hydrogens (tertiary/aromatic N) is 2. The predicted octanol–water partition coefficient (Wildman–Crippen LogP) is 4.22. The summed E-state index contributed by atoms with van der Waals surface area (Å²) < 4.78 is 0. The number of aromatic amines is 2. The highest BCUT2D eigenvalue weighted by molar-refractivity contribution is 6.08. The van der Waals surface area contributed by atoms with Crippen molar-refractivity contribution < 1.29 is 19.2 Å². The van der Waals surface area contributed by atoms with E-state index in [-0.39, 0.29) is 33.7 Å². The van der Waals surface area contributed by atoms with Gasteiger partial charge >= 0.3 is 0 Å². The van der Waals surface area contributed by atoms with Gasteiger partial charge in [-0.1, -0.05) is 6.92 Å². The van der Waals surface area contributed by atoms with Gasteiger partial charge < -0.3 is 19.8 Å². The van der Waals surface area contributed by atoms with Crippen molar-refractivity contribution in [3.05, 3.63) is 69.6 Å². The highest BCUT2D eigenvalue weighted by Gasteiger charge is 2.70. The van der Waals surface area contributed by atoms with Crippen LogP contribution in [0.4, 0.5) is 0 Å². The molecule has 1 spiro atoms. The maximum absolute atomic E-state index is 13.1. The SMILES string of the molecule is Cc1c[nH]c2c1C1(C)CCN(C(=O)C34CC(C)(C3)C4)C1=CC2=O.Cc1c[nH]c2c1C13CC1CN(C=O)C3=CC2=O. The smallest absolute Gasteiger partial charge is 0.233 e. The highest BCUT2D eigenvalue weighted by Crippen LogP contribution is 2.74. The molecule has 2 saturated heterocycles. The Hall–Kier alpha value is -3.68. The molecule has 3 atom stereocenters. The van der Waals surface area contributed by atoms with E-state index < -0.39 is 0 Å². The van der Waals surface area contributed by atoms with Crippen molar-refractivity contribution in [3.63, 3.8) is 0 Å². The summed E-state index contributed by atoms with van der Waals surface area (Å²) in [4.78, 5) is 58.5. The minimum Gasteiger partial charge on any atom is -0.358 e. The number of carbonyl (C=O) groups is 4. The molecule has 2 aliphatic heterocycles. The zero-order chi connectivity index (χ0) is 28.0. The van der Waals surface area contributed by atoms with Crippen molar-refractivity contribution in [3.8, 4) is 0 Å². The van der Waals surface area contributed by atoms with Crippen LogP contribution in [-0.4, -0.2) is 56.7 Å². The van der Waals surface area contributed by atoms with Gasteiger partial charge in [0.1, 0.15) is 0 Å². The maximum Gasteiger partial charge on any atom is 0.233 e. The first kappa shape index (κ1) is 24.1. The van der Waals surface area contributed by atoms with E-state index in [1.54, 1.807) is 17.1 Å². The van der Waals surface area contributed by atoms with E-state index >= 15 is 0 Å². The largest absolute Gasteiger partial charge is 0.358 e. The number of hydrogen-bond acceptors (Lipinski definition) is 4. The van der Waals surface area contributed by atoms with Crippen LogP contribution in [0.15, 0.2) is 35.9 Å². The number of aryl methyl sites for hydroxylation is 2. The summed E-state index contributed by atoms with van der Waals surface area (Å²) in [7, 11) is 0. The van der Waals surface area contributed by atoms with Crippen LogP contribution in [0.5, 0.6) is 0 Å². The van der Waals surface area contributed by atoms with E-state index in [2.05, 4.69) is 23.8 Å². The zero-order valence-corrected chi connectivity index (χ0v) is 23.4. The summed E-state index contributed by atoms with van der Waals surface area (Å²) in [5, 5.41) is 0. The number of H-pyrrole nitrogens is 2. The van der Waals surface area contributed by atoms with Crippen LogP contribution < -0.4 is 0 Å². The van der Waals surface area contributed by atoms with Gasteiger partial charge in [0.25, 0.3) is 0 Å². The molecule has 10 rings (SSSR count). The second kappa shape index (κ2) is 7.14. The first-order valence-corrected chi connectivity index (χ1v) is 14.4. The topological polar surface area (TPSA) is 106 Å². The number of amides is 2. The van der Waals surface area contributed by atoms with Gasteiger partial charge in [0, 0.05) is 59.9 Å². The molecule has 3 unspecified atom stereocenters. The van der Waals surface area contributed by atoms with Crippen LogP contribution >= 0.6 is 0 Å². The molecule has 8 aliphatic rings. The average Bonchev–Trinajstić information content (AvgIpc) is 3.26. The van der Waals surface area contributed by atoms with Crippen molar-refractivity contribution >= 4 is 23.9 Å². The lowest BCUT2D eigenvalue weighted by Gasteiger charge is -2.68. The van der Waals surface area contributed by atoms with Crippen LogP contribution in [0.1, 0.15) is 89.2 Å². The van der Waals surface area contributed by atoms with Crippen LogP contribution in [0.2, 0.25) is 0 Å². The quantitative estimate of drug-likeness (QED) is 0.559. The number of nitrogens with one attached hydrogen (secondary N) is 2. The monoisotopic (exact) mass is 538 g/mol. The van der Waals surface area contributed by atoms with E-state index in [9.17, 15) is 19.2 Å². The third-order valence-corrected chi connectivity index (χ3v) is 11.3. The van der Waals surface area contributed by atoms with Crippen molar-refractivity contribution in [2.45, 2.75) is 70.6 Å². The number of piperidine rings is 1. The fourth-order valence-electron chi connectivity index (χ4n) is 9.70. The van der Waals surface area contributed by atoms with E-state index in [0.717, 1.165) is 90.9 Å². The first-order chi connectivity index (χ1) is 19.0. The molecule has 6 fully saturated rings. The number of hydrogen-bond donors (Lipinski definition) is 2. The fourth-order valence-corrected chi connectivity index (χ4v) is 9.70. The Morgan fingerprint density at radius 1 is 0.950 bits per heavy atom. The number of ketones is 2. The molecule has 4 heterocycles. The molecule has 6 aliphatic carbocycles. The lowest BCUT2D eigenvalue weighted by molar-refractivity contribution is -0.207. The zero-order valence-electron chi connectivity index (χ0n) is 23.4. The van der Waals surface area contributed by atoms with Crippen molar-refractivity contribution in [1.82, 2.24) is 19.8 Å². The molecular formula is C32H34N4O4. The summed E-state index contributed by atoms with van der Waals surface area (Å²) in [6.45, 7) is 10.0. The fraction of sp³-hybridized carbons (Fsp3) is 0.500. The number of rotatable bonds is 2. The van der Waals surface area contributed by atoms with E-state index in [0.29, 0.717) is 17.0 Å².